The number of amides is 4. The molecule has 0 fully saturated rings. The Morgan fingerprint density at radius 2 is 1.13 bits per heavy atom. The lowest BCUT2D eigenvalue weighted by atomic mass is 9.78. The molecule has 0 saturated carbocycles. The van der Waals surface area contributed by atoms with E-state index in [0.29, 0.717) is 31.3 Å². The maximum atomic E-state index is 14.8. The van der Waals surface area contributed by atoms with Crippen molar-refractivity contribution in [1.29, 1.82) is 0 Å². The molecule has 8 rings (SSSR count). The van der Waals surface area contributed by atoms with E-state index in [2.05, 4.69) is 42.2 Å². The van der Waals surface area contributed by atoms with Crippen LogP contribution in [0.4, 0.5) is 22.7 Å². The highest BCUT2D eigenvalue weighted by molar-refractivity contribution is 9.13. The van der Waals surface area contributed by atoms with E-state index in [1.165, 1.54) is 9.80 Å². The van der Waals surface area contributed by atoms with E-state index in [1.54, 1.807) is 0 Å². The number of aryl methyl sites for hydroxylation is 4. The lowest BCUT2D eigenvalue weighted by Gasteiger charge is -2.38. The second-order valence-electron chi connectivity index (χ2n) is 12.0. The zero-order valence-corrected chi connectivity index (χ0v) is 28.3. The molecule has 4 amide bonds. The van der Waals surface area contributed by atoms with Crippen molar-refractivity contribution >= 4 is 95.1 Å². The Hall–Kier alpha value is -4.67. The summed E-state index contributed by atoms with van der Waals surface area (Å²) in [7, 11) is 0. The van der Waals surface area contributed by atoms with Gasteiger partial charge in [-0.2, -0.15) is 0 Å². The van der Waals surface area contributed by atoms with Gasteiger partial charge in [-0.3, -0.25) is 19.2 Å². The van der Waals surface area contributed by atoms with Crippen LogP contribution in [0.2, 0.25) is 0 Å². The Morgan fingerprint density at radius 1 is 0.630 bits per heavy atom. The molecule has 226 valence electrons. The van der Waals surface area contributed by atoms with Gasteiger partial charge in [-0.25, -0.2) is 14.8 Å². The van der Waals surface area contributed by atoms with Crippen LogP contribution in [0.15, 0.2) is 69.6 Å². The highest BCUT2D eigenvalue weighted by Crippen LogP contribution is 2.40. The molecule has 4 aromatic carbocycles. The number of carbonyl (C=O) groups excluding carboxylic acids is 4. The number of halogens is 2. The number of para-hydroxylation sites is 4. The van der Waals surface area contributed by atoms with Crippen molar-refractivity contribution in [2.24, 2.45) is 0 Å². The minimum Gasteiger partial charge on any atom is -0.364 e. The SMILES string of the molecule is Cc1cccc(C)c1N1C(=O)C2=c3c(c(Br)c(Br)c4c3=C(C(=O)N(c3c(C)cccc3C)C4=O)C3Nc4ccccc4[NH+]=C23)C1=O. The first kappa shape index (κ1) is 28.8. The van der Waals surface area contributed by atoms with Gasteiger partial charge < -0.3 is 5.32 Å². The van der Waals surface area contributed by atoms with E-state index in [9.17, 15) is 19.2 Å². The Kier molecular flexibility index (Phi) is 6.20. The van der Waals surface area contributed by atoms with Crippen molar-refractivity contribution in [2.45, 2.75) is 33.7 Å². The molecule has 4 aromatic rings. The number of fused-ring (bicyclic) bond motifs is 4. The third kappa shape index (κ3) is 3.62. The van der Waals surface area contributed by atoms with Gasteiger partial charge in [0, 0.05) is 25.4 Å². The molecule has 8 nitrogen and oxygen atoms in total. The first-order valence-electron chi connectivity index (χ1n) is 14.7. The van der Waals surface area contributed by atoms with Gasteiger partial charge in [0.05, 0.1) is 28.1 Å². The van der Waals surface area contributed by atoms with E-state index >= 15 is 0 Å². The van der Waals surface area contributed by atoms with Gasteiger partial charge in [-0.1, -0.05) is 48.5 Å². The topological polar surface area (TPSA) is 101 Å². The summed E-state index contributed by atoms with van der Waals surface area (Å²) in [6, 6.07) is 17.9. The Morgan fingerprint density at radius 3 is 1.70 bits per heavy atom. The number of nitrogens with one attached hydrogen (secondary N) is 2. The van der Waals surface area contributed by atoms with Gasteiger partial charge in [0.25, 0.3) is 23.6 Å². The number of nitrogens with zero attached hydrogens (tertiary/aromatic N) is 2. The molecule has 0 saturated heterocycles. The van der Waals surface area contributed by atoms with Gasteiger partial charge in [-0.15, -0.1) is 0 Å². The lowest BCUT2D eigenvalue weighted by Crippen LogP contribution is -2.78. The average Bonchev–Trinajstić information content (AvgIpc) is 3.01. The minimum atomic E-state index is -0.818. The summed E-state index contributed by atoms with van der Waals surface area (Å²) in [5.74, 6) is -2.13. The molecule has 1 aliphatic carbocycles. The third-order valence-electron chi connectivity index (χ3n) is 9.25. The van der Waals surface area contributed by atoms with Crippen LogP contribution >= 0.6 is 31.9 Å². The minimum absolute atomic E-state index is 0.202. The standard InChI is InChI=1S/C36H24Br2N4O4/c1-15-9-7-10-16(2)31(15)41-33(43)23-21-22-24(28(38)27(23)37)34(44)42(32-17(3)11-8-12-18(32)4)36(46)26(22)30-29(25(21)35(41)45)39-19-13-5-6-14-20(19)40-30/h5-14,29,39H,1-4H3/p+1. The van der Waals surface area contributed by atoms with Crippen molar-refractivity contribution in [3.05, 3.63) is 113 Å². The summed E-state index contributed by atoms with van der Waals surface area (Å²) in [4.78, 5) is 64.7. The number of imide groups is 2. The molecule has 1 unspecified atom stereocenters. The second-order valence-corrected chi connectivity index (χ2v) is 13.5. The molecule has 0 aromatic heterocycles. The molecule has 0 radical (unpaired) electrons. The number of hydrogen-bond donors (Lipinski definition) is 2. The summed E-state index contributed by atoms with van der Waals surface area (Å²) < 4.78 is 0.669. The molecule has 1 atom stereocenters. The van der Waals surface area contributed by atoms with Crippen LogP contribution in [-0.4, -0.2) is 35.4 Å². The summed E-state index contributed by atoms with van der Waals surface area (Å²) >= 11 is 7.30. The second kappa shape index (κ2) is 9.91. The fourth-order valence-corrected chi connectivity index (χ4v) is 8.42. The average molecular weight is 737 g/mol. The predicted molar refractivity (Wildman–Crippen MR) is 183 cm³/mol. The molecule has 3 aliphatic heterocycles. The maximum Gasteiger partial charge on any atom is 0.272 e. The van der Waals surface area contributed by atoms with Crippen molar-refractivity contribution in [3.63, 3.8) is 0 Å². The Bertz CT molecular complexity index is 2320. The van der Waals surface area contributed by atoms with E-state index in [4.69, 9.17) is 0 Å². The fourth-order valence-electron chi connectivity index (χ4n) is 7.29. The van der Waals surface area contributed by atoms with E-state index in [-0.39, 0.29) is 27.5 Å². The van der Waals surface area contributed by atoms with Crippen molar-refractivity contribution in [1.82, 2.24) is 0 Å². The first-order valence-corrected chi connectivity index (χ1v) is 16.3. The van der Waals surface area contributed by atoms with Crippen LogP contribution in [0, 0.1) is 27.7 Å². The number of anilines is 3. The molecular weight excluding hydrogens is 712 g/mol. The first-order chi connectivity index (χ1) is 22.0. The van der Waals surface area contributed by atoms with E-state index in [0.717, 1.165) is 33.6 Å². The smallest absolute Gasteiger partial charge is 0.272 e. The van der Waals surface area contributed by atoms with Crippen LogP contribution in [0.1, 0.15) is 43.0 Å². The maximum absolute atomic E-state index is 14.8. The predicted octanol–water partition coefficient (Wildman–Crippen LogP) is 3.78. The number of carbonyl (C=O) groups is 4. The quantitative estimate of drug-likeness (QED) is 0.306. The highest BCUT2D eigenvalue weighted by atomic mass is 79.9. The Labute approximate surface area is 280 Å². The van der Waals surface area contributed by atoms with Gasteiger partial charge >= 0.3 is 0 Å². The van der Waals surface area contributed by atoms with Gasteiger partial charge in [0.2, 0.25) is 11.4 Å². The molecule has 0 bridgehead atoms. The van der Waals surface area contributed by atoms with Crippen LogP contribution in [0.3, 0.4) is 0 Å². The van der Waals surface area contributed by atoms with Crippen LogP contribution < -0.4 is 30.5 Å². The van der Waals surface area contributed by atoms with Gasteiger partial charge in [0.1, 0.15) is 17.3 Å². The lowest BCUT2D eigenvalue weighted by molar-refractivity contribution is -0.354. The van der Waals surface area contributed by atoms with E-state index in [1.807, 2.05) is 88.4 Å². The Balaban J connectivity index is 1.55. The molecule has 4 aliphatic rings. The van der Waals surface area contributed by atoms with Gasteiger partial charge in [0.15, 0.2) is 0 Å². The van der Waals surface area contributed by atoms with Crippen molar-refractivity contribution < 1.29 is 24.2 Å². The third-order valence-corrected chi connectivity index (χ3v) is 11.4. The van der Waals surface area contributed by atoms with Crippen LogP contribution in [0.5, 0.6) is 0 Å². The largest absolute Gasteiger partial charge is 0.364 e. The van der Waals surface area contributed by atoms with Crippen LogP contribution in [0.25, 0.3) is 11.1 Å². The summed E-state index contributed by atoms with van der Waals surface area (Å²) in [6.07, 6.45) is 0. The molecule has 10 heteroatoms. The molecule has 46 heavy (non-hydrogen) atoms. The van der Waals surface area contributed by atoms with Crippen molar-refractivity contribution in [3.8, 4) is 0 Å². The number of rotatable bonds is 2. The van der Waals surface area contributed by atoms with Crippen LogP contribution in [-0.2, 0) is 9.59 Å². The zero-order chi connectivity index (χ0) is 32.3. The molecule has 0 spiro atoms. The van der Waals surface area contributed by atoms with E-state index < -0.39 is 29.7 Å². The molecule has 2 N–H and O–H groups in total. The molecule has 3 heterocycles. The van der Waals surface area contributed by atoms with Gasteiger partial charge in [-0.05, 0) is 87.9 Å². The fraction of sp³-hybridized carbons (Fsp3) is 0.139. The molecular formula is C36H25Br2N4O4+. The highest BCUT2D eigenvalue weighted by Gasteiger charge is 2.53. The summed E-state index contributed by atoms with van der Waals surface area (Å²) in [6.45, 7) is 7.45. The zero-order valence-electron chi connectivity index (χ0n) is 25.1. The number of benzene rings is 4. The normalized spacial score (nSPS) is 17.9. The summed E-state index contributed by atoms with van der Waals surface area (Å²) in [5, 5.41) is 4.07. The van der Waals surface area contributed by atoms with Crippen molar-refractivity contribution in [2.75, 3.05) is 15.1 Å². The summed E-state index contributed by atoms with van der Waals surface area (Å²) in [5.41, 5.74) is 6.89. The monoisotopic (exact) mass is 735 g/mol. The number of hydrogen-bond acceptors (Lipinski definition) is 5.